The van der Waals surface area contributed by atoms with Gasteiger partial charge in [-0.25, -0.2) is 18.7 Å². The number of nitrogens with zero attached hydrogens (tertiary/aromatic N) is 4. The lowest BCUT2D eigenvalue weighted by Crippen LogP contribution is -2.26. The highest BCUT2D eigenvalue weighted by Gasteiger charge is 2.20. The number of pyridine rings is 2. The third kappa shape index (κ3) is 2.55. The fraction of sp³-hybridized carbons (Fsp3) is 0.263. The van der Waals surface area contributed by atoms with Crippen molar-refractivity contribution < 1.29 is 8.78 Å². The van der Waals surface area contributed by atoms with Crippen LogP contribution in [0.4, 0.5) is 8.78 Å². The third-order valence-electron chi connectivity index (χ3n) is 4.99. The Labute approximate surface area is 148 Å². The van der Waals surface area contributed by atoms with E-state index < -0.39 is 0 Å². The van der Waals surface area contributed by atoms with E-state index in [9.17, 15) is 8.78 Å². The van der Waals surface area contributed by atoms with E-state index in [2.05, 4.69) is 15.3 Å². The summed E-state index contributed by atoms with van der Waals surface area (Å²) < 4.78 is 31.3. The first-order valence-corrected chi connectivity index (χ1v) is 8.71. The minimum Gasteiger partial charge on any atom is -0.317 e. The van der Waals surface area contributed by atoms with Gasteiger partial charge in [-0.15, -0.1) is 0 Å². The molecule has 0 amide bonds. The van der Waals surface area contributed by atoms with Crippen LogP contribution >= 0.6 is 0 Å². The highest BCUT2D eigenvalue weighted by Crippen LogP contribution is 2.27. The van der Waals surface area contributed by atoms with Gasteiger partial charge in [0.15, 0.2) is 11.5 Å². The molecule has 5 nitrogen and oxygen atoms in total. The number of hydrogen-bond donors (Lipinski definition) is 1. The van der Waals surface area contributed by atoms with Gasteiger partial charge in [0.1, 0.15) is 11.5 Å². The average molecular weight is 353 g/mol. The van der Waals surface area contributed by atoms with Gasteiger partial charge in [-0.05, 0) is 44.1 Å². The van der Waals surface area contributed by atoms with Gasteiger partial charge in [0, 0.05) is 36.3 Å². The number of rotatable bonds is 2. The Kier molecular flexibility index (Phi) is 3.49. The highest BCUT2D eigenvalue weighted by atomic mass is 19.1. The van der Waals surface area contributed by atoms with E-state index in [1.165, 1.54) is 18.3 Å². The molecule has 0 atom stereocenters. The number of halogens is 2. The number of aromatic nitrogens is 4. The molecular weight excluding hydrogens is 336 g/mol. The van der Waals surface area contributed by atoms with E-state index in [1.54, 1.807) is 21.1 Å². The Morgan fingerprint density at radius 2 is 1.81 bits per heavy atom. The summed E-state index contributed by atoms with van der Waals surface area (Å²) >= 11 is 0. The lowest BCUT2D eigenvalue weighted by atomic mass is 9.95. The normalized spacial score (nSPS) is 15.9. The molecular formula is C19H17F2N5. The molecule has 5 rings (SSSR count). The maximum Gasteiger partial charge on any atom is 0.173 e. The Morgan fingerprint density at radius 1 is 0.962 bits per heavy atom. The van der Waals surface area contributed by atoms with E-state index in [1.807, 2.05) is 12.4 Å². The third-order valence-corrected chi connectivity index (χ3v) is 4.99. The van der Waals surface area contributed by atoms with Gasteiger partial charge in [0.2, 0.25) is 0 Å². The highest BCUT2D eigenvalue weighted by molar-refractivity contribution is 5.64. The van der Waals surface area contributed by atoms with Gasteiger partial charge in [0.25, 0.3) is 0 Å². The molecule has 1 fully saturated rings. The molecule has 0 bridgehead atoms. The molecule has 0 aromatic carbocycles. The molecule has 4 aromatic rings. The first-order chi connectivity index (χ1) is 12.7. The topological polar surface area (TPSA) is 46.6 Å². The van der Waals surface area contributed by atoms with Crippen LogP contribution < -0.4 is 5.32 Å². The van der Waals surface area contributed by atoms with E-state index in [0.717, 1.165) is 31.6 Å². The monoisotopic (exact) mass is 353 g/mol. The van der Waals surface area contributed by atoms with Crippen molar-refractivity contribution >= 4 is 11.3 Å². The first kappa shape index (κ1) is 15.5. The Hall–Kier alpha value is -2.80. The Balaban J connectivity index is 1.59. The van der Waals surface area contributed by atoms with Gasteiger partial charge < -0.3 is 14.1 Å². The zero-order chi connectivity index (χ0) is 17.7. The van der Waals surface area contributed by atoms with Crippen LogP contribution in [0.2, 0.25) is 0 Å². The van der Waals surface area contributed by atoms with Crippen LogP contribution in [0.3, 0.4) is 0 Å². The van der Waals surface area contributed by atoms with Gasteiger partial charge in [-0.3, -0.25) is 0 Å². The maximum absolute atomic E-state index is 14.6. The molecule has 7 heteroatoms. The Bertz CT molecular complexity index is 1110. The van der Waals surface area contributed by atoms with Gasteiger partial charge >= 0.3 is 0 Å². The Morgan fingerprint density at radius 3 is 2.65 bits per heavy atom. The second-order valence-electron chi connectivity index (χ2n) is 6.74. The van der Waals surface area contributed by atoms with Crippen molar-refractivity contribution in [3.05, 3.63) is 60.3 Å². The molecule has 5 heterocycles. The standard InChI is InChI=1S/C19H17F2N5/c20-14-1-2-18-23-17(10-25(18)9-14)13-7-15(21)19-24-16(11-26(19)8-13)12-3-5-22-6-4-12/h1-2,7-12,22H,3-6H2. The van der Waals surface area contributed by atoms with Crippen LogP contribution in [-0.2, 0) is 0 Å². The summed E-state index contributed by atoms with van der Waals surface area (Å²) in [5, 5.41) is 3.33. The summed E-state index contributed by atoms with van der Waals surface area (Å²) in [6.07, 6.45) is 8.81. The molecule has 1 N–H and O–H groups in total. The molecule has 1 aliphatic rings. The zero-order valence-corrected chi connectivity index (χ0v) is 14.0. The minimum atomic E-state index is -0.383. The molecule has 0 saturated carbocycles. The predicted octanol–water partition coefficient (Wildman–Crippen LogP) is 3.39. The van der Waals surface area contributed by atoms with Crippen LogP contribution in [0, 0.1) is 11.6 Å². The van der Waals surface area contributed by atoms with Crippen molar-refractivity contribution in [2.45, 2.75) is 18.8 Å². The second kappa shape index (κ2) is 5.88. The minimum absolute atomic E-state index is 0.331. The summed E-state index contributed by atoms with van der Waals surface area (Å²) in [5.74, 6) is -0.368. The van der Waals surface area contributed by atoms with Gasteiger partial charge in [0.05, 0.1) is 11.4 Å². The quantitative estimate of drug-likeness (QED) is 0.601. The van der Waals surface area contributed by atoms with Crippen LogP contribution in [-0.4, -0.2) is 31.9 Å². The van der Waals surface area contributed by atoms with Crippen molar-refractivity contribution in [2.24, 2.45) is 0 Å². The van der Waals surface area contributed by atoms with Crippen LogP contribution in [0.1, 0.15) is 24.5 Å². The largest absolute Gasteiger partial charge is 0.317 e. The van der Waals surface area contributed by atoms with E-state index >= 15 is 0 Å². The smallest absolute Gasteiger partial charge is 0.173 e. The second-order valence-corrected chi connectivity index (χ2v) is 6.74. The summed E-state index contributed by atoms with van der Waals surface area (Å²) in [4.78, 5) is 8.97. The number of fused-ring (bicyclic) bond motifs is 2. The van der Waals surface area contributed by atoms with Gasteiger partial charge in [-0.2, -0.15) is 0 Å². The van der Waals surface area contributed by atoms with Crippen molar-refractivity contribution in [3.8, 4) is 11.3 Å². The number of piperidine rings is 1. The number of imidazole rings is 2. The van der Waals surface area contributed by atoms with Crippen LogP contribution in [0.5, 0.6) is 0 Å². The first-order valence-electron chi connectivity index (χ1n) is 8.71. The molecule has 4 aromatic heterocycles. The molecule has 0 radical (unpaired) electrons. The molecule has 0 unspecified atom stereocenters. The molecule has 1 saturated heterocycles. The van der Waals surface area contributed by atoms with E-state index in [4.69, 9.17) is 0 Å². The van der Waals surface area contributed by atoms with Crippen LogP contribution in [0.15, 0.2) is 43.0 Å². The van der Waals surface area contributed by atoms with Crippen molar-refractivity contribution in [1.29, 1.82) is 0 Å². The fourth-order valence-corrected chi connectivity index (χ4v) is 3.63. The maximum atomic E-state index is 14.6. The van der Waals surface area contributed by atoms with E-state index in [-0.39, 0.29) is 11.6 Å². The van der Waals surface area contributed by atoms with Crippen molar-refractivity contribution in [1.82, 2.24) is 24.1 Å². The number of nitrogens with one attached hydrogen (secondary N) is 1. The van der Waals surface area contributed by atoms with Crippen molar-refractivity contribution in [3.63, 3.8) is 0 Å². The van der Waals surface area contributed by atoms with Crippen LogP contribution in [0.25, 0.3) is 22.6 Å². The molecule has 1 aliphatic heterocycles. The molecule has 26 heavy (non-hydrogen) atoms. The molecule has 0 spiro atoms. The molecule has 132 valence electrons. The molecule has 0 aliphatic carbocycles. The average Bonchev–Trinajstić information content (AvgIpc) is 3.26. The SMILES string of the molecule is Fc1ccc2nc(-c3cc(F)c4nc(C5CCNCC5)cn4c3)cn2c1. The lowest BCUT2D eigenvalue weighted by Gasteiger charge is -2.20. The van der Waals surface area contributed by atoms with E-state index in [0.29, 0.717) is 28.5 Å². The predicted molar refractivity (Wildman–Crippen MR) is 94.1 cm³/mol. The summed E-state index contributed by atoms with van der Waals surface area (Å²) in [7, 11) is 0. The summed E-state index contributed by atoms with van der Waals surface area (Å²) in [5.41, 5.74) is 3.10. The van der Waals surface area contributed by atoms with Gasteiger partial charge in [-0.1, -0.05) is 0 Å². The summed E-state index contributed by atoms with van der Waals surface area (Å²) in [6, 6.07) is 4.39. The zero-order valence-electron chi connectivity index (χ0n) is 14.0. The lowest BCUT2D eigenvalue weighted by molar-refractivity contribution is 0.454. The summed E-state index contributed by atoms with van der Waals surface area (Å²) in [6.45, 7) is 1.92. The fourth-order valence-electron chi connectivity index (χ4n) is 3.63. The number of hydrogen-bond acceptors (Lipinski definition) is 3. The van der Waals surface area contributed by atoms with Crippen molar-refractivity contribution in [2.75, 3.05) is 13.1 Å².